The first-order valence-corrected chi connectivity index (χ1v) is 26.3. The van der Waals surface area contributed by atoms with Gasteiger partial charge in [-0.05, 0) is 122 Å². The summed E-state index contributed by atoms with van der Waals surface area (Å²) in [6.07, 6.45) is 46.1. The second-order valence-electron chi connectivity index (χ2n) is 17.8. The Balaban J connectivity index is 2.48. The van der Waals surface area contributed by atoms with E-state index >= 15 is 0 Å². The molecule has 10 heteroatoms. The largest absolute Gasteiger partial charge is 0.462 e. The number of nitrogens with zero attached hydrogens (tertiary/aromatic N) is 1. The zero-order chi connectivity index (χ0) is 46.4. The van der Waals surface area contributed by atoms with Crippen molar-refractivity contribution in [1.82, 2.24) is 10.2 Å². The fraction of sp³-hybridized carbons (Fsp3) is 0.796. The van der Waals surface area contributed by atoms with Crippen molar-refractivity contribution in [3.05, 3.63) is 48.6 Å². The lowest BCUT2D eigenvalue weighted by Crippen LogP contribution is -2.35. The second-order valence-corrected chi connectivity index (χ2v) is 17.8. The van der Waals surface area contributed by atoms with Gasteiger partial charge in [0.1, 0.15) is 12.7 Å². The van der Waals surface area contributed by atoms with Crippen molar-refractivity contribution in [3.8, 4) is 0 Å². The summed E-state index contributed by atoms with van der Waals surface area (Å²) in [5.41, 5.74) is 0. The van der Waals surface area contributed by atoms with Crippen molar-refractivity contribution in [1.29, 1.82) is 0 Å². The average molecular weight is 901 g/mol. The zero-order valence-corrected chi connectivity index (χ0v) is 41.3. The van der Waals surface area contributed by atoms with E-state index in [1.807, 2.05) is 0 Å². The lowest BCUT2D eigenvalue weighted by Gasteiger charge is -2.21. The molecule has 1 aliphatic heterocycles. The van der Waals surface area contributed by atoms with Crippen molar-refractivity contribution in [2.45, 2.75) is 238 Å². The van der Waals surface area contributed by atoms with E-state index in [0.29, 0.717) is 25.8 Å². The summed E-state index contributed by atoms with van der Waals surface area (Å²) >= 11 is 0. The van der Waals surface area contributed by atoms with Crippen LogP contribution in [0.3, 0.4) is 0 Å². The summed E-state index contributed by atoms with van der Waals surface area (Å²) in [5.74, 6) is -0.817. The molecule has 1 heterocycles. The third kappa shape index (κ3) is 39.4. The number of esters is 2. The summed E-state index contributed by atoms with van der Waals surface area (Å²) in [6, 6.07) is 0. The molecule has 1 fully saturated rings. The van der Waals surface area contributed by atoms with E-state index in [9.17, 15) is 19.5 Å². The smallest absolute Gasteiger partial charge is 0.407 e. The van der Waals surface area contributed by atoms with Gasteiger partial charge in [0.2, 0.25) is 0 Å². The maximum Gasteiger partial charge on any atom is 0.407 e. The van der Waals surface area contributed by atoms with Crippen LogP contribution in [0.1, 0.15) is 220 Å². The fourth-order valence-corrected chi connectivity index (χ4v) is 7.62. The number of hydrogen-bond donors (Lipinski definition) is 2. The molecule has 0 radical (unpaired) electrons. The standard InChI is InChI=1S/C54H96N2O8/c1-4-7-10-12-14-16-18-20-22-24-26-28-30-32-34-39-51(57)61-47-50(63-53(59)40-35-33-31-29-27-25-23-21-19-17-15-13-11-8-5-2)48-62-52(58)42-41-49(38-9-6-3)64-54(60)55-43-46-56-44-36-37-45-56/h14-17,20-23,49-51,57H,4-13,18-19,24-48H2,1-3H3,(H,55,60)/b16-14-,17-15-,22-20-,23-21-. The minimum absolute atomic E-state index is 0.0670. The molecule has 1 saturated heterocycles. The Morgan fingerprint density at radius 2 is 1.08 bits per heavy atom. The minimum Gasteiger partial charge on any atom is -0.462 e. The third-order valence-electron chi connectivity index (χ3n) is 11.7. The van der Waals surface area contributed by atoms with Gasteiger partial charge in [0, 0.05) is 25.9 Å². The normalized spacial score (nSPS) is 14.9. The Morgan fingerprint density at radius 1 is 0.547 bits per heavy atom. The molecule has 3 unspecified atom stereocenters. The van der Waals surface area contributed by atoms with Crippen molar-refractivity contribution < 1.29 is 38.4 Å². The molecule has 1 rings (SSSR count). The third-order valence-corrected chi connectivity index (χ3v) is 11.7. The lowest BCUT2D eigenvalue weighted by atomic mass is 10.1. The van der Waals surface area contributed by atoms with E-state index in [-0.39, 0.29) is 32.0 Å². The Hall–Kier alpha value is -2.95. The van der Waals surface area contributed by atoms with Crippen LogP contribution in [-0.4, -0.2) is 85.9 Å². The quantitative estimate of drug-likeness (QED) is 0.0202. The fourth-order valence-electron chi connectivity index (χ4n) is 7.62. The van der Waals surface area contributed by atoms with Crippen LogP contribution in [0.25, 0.3) is 0 Å². The molecule has 2 N–H and O–H groups in total. The van der Waals surface area contributed by atoms with Crippen LogP contribution >= 0.6 is 0 Å². The first-order valence-electron chi connectivity index (χ1n) is 26.3. The molecule has 10 nitrogen and oxygen atoms in total. The molecule has 0 aromatic heterocycles. The Labute approximate surface area is 391 Å². The van der Waals surface area contributed by atoms with E-state index in [2.05, 4.69) is 79.6 Å². The molecule has 0 aromatic rings. The molecule has 3 atom stereocenters. The van der Waals surface area contributed by atoms with Gasteiger partial charge in [-0.3, -0.25) is 9.59 Å². The van der Waals surface area contributed by atoms with Crippen molar-refractivity contribution in [3.63, 3.8) is 0 Å². The molecule has 0 bridgehead atoms. The SMILES string of the molecule is CCCCC/C=C\C/C=C\CCCCCCCC(=O)OC(COC(=O)CCC(CCCC)OC(=O)NCCN1CCCC1)COC(O)CCCCCCC/C=C\C/C=C\CCCCC. The predicted molar refractivity (Wildman–Crippen MR) is 264 cm³/mol. The number of aliphatic hydroxyl groups excluding tert-OH is 1. The van der Waals surface area contributed by atoms with Gasteiger partial charge in [-0.25, -0.2) is 4.79 Å². The Bertz CT molecular complexity index is 1210. The monoisotopic (exact) mass is 901 g/mol. The van der Waals surface area contributed by atoms with Gasteiger partial charge in [0.15, 0.2) is 12.4 Å². The highest BCUT2D eigenvalue weighted by molar-refractivity contribution is 5.70. The van der Waals surface area contributed by atoms with Gasteiger partial charge in [-0.15, -0.1) is 0 Å². The van der Waals surface area contributed by atoms with Crippen molar-refractivity contribution in [2.75, 3.05) is 39.4 Å². The van der Waals surface area contributed by atoms with Gasteiger partial charge < -0.3 is 34.3 Å². The number of nitrogens with one attached hydrogen (secondary N) is 1. The highest BCUT2D eigenvalue weighted by Gasteiger charge is 2.21. The molecule has 0 spiro atoms. The van der Waals surface area contributed by atoms with E-state index in [1.54, 1.807) is 0 Å². The van der Waals surface area contributed by atoms with Crippen LogP contribution < -0.4 is 5.32 Å². The maximum atomic E-state index is 12.9. The van der Waals surface area contributed by atoms with Gasteiger partial charge >= 0.3 is 18.0 Å². The number of alkyl carbamates (subject to hydrolysis) is 1. The second kappa shape index (κ2) is 45.2. The first-order chi connectivity index (χ1) is 31.4. The molecular weight excluding hydrogens is 805 g/mol. The minimum atomic E-state index is -0.991. The molecule has 1 aliphatic rings. The number of carbonyl (C=O) groups excluding carboxylic acids is 3. The molecule has 1 amide bonds. The van der Waals surface area contributed by atoms with Crippen LogP contribution in [0, 0.1) is 0 Å². The summed E-state index contributed by atoms with van der Waals surface area (Å²) < 4.78 is 22.8. The van der Waals surface area contributed by atoms with Gasteiger partial charge in [-0.1, -0.05) is 146 Å². The van der Waals surface area contributed by atoms with E-state index in [4.69, 9.17) is 18.9 Å². The molecular formula is C54H96N2O8. The maximum absolute atomic E-state index is 12.9. The molecule has 0 aromatic carbocycles. The first kappa shape index (κ1) is 59.1. The highest BCUT2D eigenvalue weighted by Crippen LogP contribution is 2.15. The number of allylic oxidation sites excluding steroid dienone is 8. The van der Waals surface area contributed by atoms with Crippen LogP contribution in [0.15, 0.2) is 48.6 Å². The number of likely N-dealkylation sites (tertiary alicyclic amines) is 1. The van der Waals surface area contributed by atoms with Crippen molar-refractivity contribution in [2.24, 2.45) is 0 Å². The number of amides is 1. The number of hydrogen-bond acceptors (Lipinski definition) is 9. The van der Waals surface area contributed by atoms with Crippen LogP contribution in [-0.2, 0) is 28.5 Å². The van der Waals surface area contributed by atoms with Gasteiger partial charge in [0.05, 0.1) is 6.61 Å². The van der Waals surface area contributed by atoms with Gasteiger partial charge in [0.25, 0.3) is 0 Å². The topological polar surface area (TPSA) is 124 Å². The molecule has 64 heavy (non-hydrogen) atoms. The predicted octanol–water partition coefficient (Wildman–Crippen LogP) is 13.6. The Kier molecular flexibility index (Phi) is 41.7. The number of ether oxygens (including phenoxy) is 4. The number of carbonyl (C=O) groups is 3. The Morgan fingerprint density at radius 3 is 1.66 bits per heavy atom. The summed E-state index contributed by atoms with van der Waals surface area (Å²) in [6.45, 7) is 9.78. The molecule has 0 saturated carbocycles. The average Bonchev–Trinajstić information content (AvgIpc) is 3.81. The molecule has 370 valence electrons. The van der Waals surface area contributed by atoms with Gasteiger partial charge in [-0.2, -0.15) is 0 Å². The van der Waals surface area contributed by atoms with E-state index in [1.165, 1.54) is 64.2 Å². The number of unbranched alkanes of at least 4 members (excludes halogenated alkanes) is 17. The highest BCUT2D eigenvalue weighted by atomic mass is 16.6. The summed E-state index contributed by atoms with van der Waals surface area (Å²) in [7, 11) is 0. The van der Waals surface area contributed by atoms with Crippen molar-refractivity contribution >= 4 is 18.0 Å². The number of rotatable bonds is 44. The van der Waals surface area contributed by atoms with Crippen LogP contribution in [0.2, 0.25) is 0 Å². The van der Waals surface area contributed by atoms with Crippen LogP contribution in [0.5, 0.6) is 0 Å². The summed E-state index contributed by atoms with van der Waals surface area (Å²) in [4.78, 5) is 40.7. The van der Waals surface area contributed by atoms with Crippen LogP contribution in [0.4, 0.5) is 4.79 Å². The number of aliphatic hydroxyl groups is 1. The van der Waals surface area contributed by atoms with E-state index < -0.39 is 30.6 Å². The van der Waals surface area contributed by atoms with E-state index in [0.717, 1.165) is 122 Å². The summed E-state index contributed by atoms with van der Waals surface area (Å²) in [5, 5.41) is 13.5. The molecule has 0 aliphatic carbocycles. The lowest BCUT2D eigenvalue weighted by molar-refractivity contribution is -0.173. The zero-order valence-electron chi connectivity index (χ0n) is 41.3.